The molecule has 0 aliphatic carbocycles. The molecular formula is C12H14F4N2. The van der Waals surface area contributed by atoms with Crippen LogP contribution < -0.4 is 5.32 Å². The van der Waals surface area contributed by atoms with E-state index in [1.807, 2.05) is 0 Å². The number of alkyl halides is 3. The molecule has 1 saturated heterocycles. The third-order valence-electron chi connectivity index (χ3n) is 3.01. The molecule has 1 unspecified atom stereocenters. The van der Waals surface area contributed by atoms with Gasteiger partial charge in [0.25, 0.3) is 0 Å². The molecule has 0 bridgehead atoms. The van der Waals surface area contributed by atoms with E-state index < -0.39 is 18.0 Å². The van der Waals surface area contributed by atoms with Crippen LogP contribution in [0.25, 0.3) is 0 Å². The lowest BCUT2D eigenvalue weighted by molar-refractivity contribution is -0.187. The number of hydrogen-bond donors (Lipinski definition) is 1. The maximum absolute atomic E-state index is 13.1. The fourth-order valence-electron chi connectivity index (χ4n) is 2.19. The zero-order valence-electron chi connectivity index (χ0n) is 9.67. The van der Waals surface area contributed by atoms with Crippen molar-refractivity contribution in [1.82, 2.24) is 10.2 Å². The molecule has 1 atom stereocenters. The van der Waals surface area contributed by atoms with Gasteiger partial charge in [-0.25, -0.2) is 4.39 Å². The molecule has 0 aromatic heterocycles. The minimum absolute atomic E-state index is 0.0887. The normalized spacial score (nSPS) is 19.8. The Kier molecular flexibility index (Phi) is 3.87. The Morgan fingerprint density at radius 1 is 1.06 bits per heavy atom. The van der Waals surface area contributed by atoms with Crippen LogP contribution >= 0.6 is 0 Å². The summed E-state index contributed by atoms with van der Waals surface area (Å²) in [7, 11) is 0. The standard InChI is InChI=1S/C12H14F4N2/c13-10-3-1-9(2-4-10)11(12(14,15)16)18-7-5-17-6-8-18/h1-4,11,17H,5-8H2. The summed E-state index contributed by atoms with van der Waals surface area (Å²) in [5.74, 6) is -0.528. The first kappa shape index (κ1) is 13.3. The molecule has 1 aromatic carbocycles. The first-order valence-corrected chi connectivity index (χ1v) is 5.75. The van der Waals surface area contributed by atoms with E-state index in [0.717, 1.165) is 12.1 Å². The first-order valence-electron chi connectivity index (χ1n) is 5.75. The van der Waals surface area contributed by atoms with Crippen molar-refractivity contribution in [1.29, 1.82) is 0 Å². The van der Waals surface area contributed by atoms with Crippen LogP contribution in [0.5, 0.6) is 0 Å². The van der Waals surface area contributed by atoms with Gasteiger partial charge in [0.2, 0.25) is 0 Å². The van der Waals surface area contributed by atoms with Crippen LogP contribution in [0, 0.1) is 5.82 Å². The molecule has 1 heterocycles. The molecule has 0 amide bonds. The SMILES string of the molecule is Fc1ccc(C(N2CCNCC2)C(F)(F)F)cc1. The van der Waals surface area contributed by atoms with E-state index >= 15 is 0 Å². The minimum Gasteiger partial charge on any atom is -0.314 e. The predicted molar refractivity (Wildman–Crippen MR) is 59.6 cm³/mol. The molecule has 2 nitrogen and oxygen atoms in total. The average Bonchev–Trinajstić information content (AvgIpc) is 2.32. The zero-order chi connectivity index (χ0) is 13.2. The number of nitrogens with one attached hydrogen (secondary N) is 1. The van der Waals surface area contributed by atoms with Gasteiger partial charge in [0, 0.05) is 26.2 Å². The predicted octanol–water partition coefficient (Wildman–Crippen LogP) is 2.33. The third kappa shape index (κ3) is 3.00. The highest BCUT2D eigenvalue weighted by atomic mass is 19.4. The lowest BCUT2D eigenvalue weighted by atomic mass is 10.0. The number of nitrogens with zero attached hydrogens (tertiary/aromatic N) is 1. The molecule has 1 aromatic rings. The van der Waals surface area contributed by atoms with Gasteiger partial charge in [-0.2, -0.15) is 13.2 Å². The van der Waals surface area contributed by atoms with Gasteiger partial charge < -0.3 is 5.32 Å². The van der Waals surface area contributed by atoms with Gasteiger partial charge in [-0.3, -0.25) is 4.90 Å². The maximum atomic E-state index is 13.1. The molecule has 1 aliphatic rings. The highest BCUT2D eigenvalue weighted by Gasteiger charge is 2.44. The lowest BCUT2D eigenvalue weighted by Gasteiger charge is -2.36. The van der Waals surface area contributed by atoms with E-state index in [1.165, 1.54) is 17.0 Å². The molecule has 1 N–H and O–H groups in total. The number of piperazine rings is 1. The van der Waals surface area contributed by atoms with Crippen LogP contribution in [0.15, 0.2) is 24.3 Å². The summed E-state index contributed by atoms with van der Waals surface area (Å²) in [5, 5.41) is 3.01. The smallest absolute Gasteiger partial charge is 0.314 e. The zero-order valence-corrected chi connectivity index (χ0v) is 9.67. The molecule has 0 radical (unpaired) electrons. The molecule has 1 aliphatic heterocycles. The summed E-state index contributed by atoms with van der Waals surface area (Å²) in [4.78, 5) is 1.38. The summed E-state index contributed by atoms with van der Waals surface area (Å²) in [6.45, 7) is 1.74. The Morgan fingerprint density at radius 2 is 1.61 bits per heavy atom. The Hall–Kier alpha value is -1.14. The quantitative estimate of drug-likeness (QED) is 0.823. The highest BCUT2D eigenvalue weighted by Crippen LogP contribution is 2.37. The highest BCUT2D eigenvalue weighted by molar-refractivity contribution is 5.21. The molecule has 0 saturated carbocycles. The molecule has 18 heavy (non-hydrogen) atoms. The Labute approximate surface area is 103 Å². The van der Waals surface area contributed by atoms with Crippen molar-refractivity contribution in [3.05, 3.63) is 35.6 Å². The van der Waals surface area contributed by atoms with E-state index in [1.54, 1.807) is 0 Å². The second kappa shape index (κ2) is 5.24. The summed E-state index contributed by atoms with van der Waals surface area (Å²) in [6.07, 6.45) is -4.35. The van der Waals surface area contributed by atoms with Crippen molar-refractivity contribution in [2.75, 3.05) is 26.2 Å². The van der Waals surface area contributed by atoms with Crippen LogP contribution in [0.4, 0.5) is 17.6 Å². The number of benzene rings is 1. The molecule has 0 spiro atoms. The van der Waals surface area contributed by atoms with Gasteiger partial charge >= 0.3 is 6.18 Å². The van der Waals surface area contributed by atoms with E-state index in [4.69, 9.17) is 0 Å². The monoisotopic (exact) mass is 262 g/mol. The van der Waals surface area contributed by atoms with Crippen LogP contribution in [-0.2, 0) is 0 Å². The first-order chi connectivity index (χ1) is 8.48. The number of halogens is 4. The third-order valence-corrected chi connectivity index (χ3v) is 3.01. The average molecular weight is 262 g/mol. The second-order valence-corrected chi connectivity index (χ2v) is 4.28. The fraction of sp³-hybridized carbons (Fsp3) is 0.500. The van der Waals surface area contributed by atoms with Gasteiger partial charge in [-0.05, 0) is 17.7 Å². The second-order valence-electron chi connectivity index (χ2n) is 4.28. The van der Waals surface area contributed by atoms with E-state index in [0.29, 0.717) is 26.2 Å². The summed E-state index contributed by atoms with van der Waals surface area (Å²) < 4.78 is 52.2. The van der Waals surface area contributed by atoms with E-state index in [-0.39, 0.29) is 5.56 Å². The van der Waals surface area contributed by atoms with Crippen molar-refractivity contribution in [3.8, 4) is 0 Å². The van der Waals surface area contributed by atoms with Crippen molar-refractivity contribution >= 4 is 0 Å². The van der Waals surface area contributed by atoms with E-state index in [2.05, 4.69) is 5.32 Å². The molecule has 100 valence electrons. The molecule has 2 rings (SSSR count). The Morgan fingerprint density at radius 3 is 2.11 bits per heavy atom. The molecule has 6 heteroatoms. The summed E-state index contributed by atoms with van der Waals surface area (Å²) in [5.41, 5.74) is 0.0887. The van der Waals surface area contributed by atoms with Crippen LogP contribution in [-0.4, -0.2) is 37.3 Å². The number of rotatable bonds is 2. The van der Waals surface area contributed by atoms with Gasteiger partial charge in [0.15, 0.2) is 0 Å². The Balaban J connectivity index is 2.27. The van der Waals surface area contributed by atoms with E-state index in [9.17, 15) is 17.6 Å². The van der Waals surface area contributed by atoms with Crippen molar-refractivity contribution in [3.63, 3.8) is 0 Å². The largest absolute Gasteiger partial charge is 0.408 e. The lowest BCUT2D eigenvalue weighted by Crippen LogP contribution is -2.49. The van der Waals surface area contributed by atoms with Gasteiger partial charge in [-0.1, -0.05) is 12.1 Å². The topological polar surface area (TPSA) is 15.3 Å². The van der Waals surface area contributed by atoms with Crippen molar-refractivity contribution < 1.29 is 17.6 Å². The number of hydrogen-bond acceptors (Lipinski definition) is 2. The fourth-order valence-corrected chi connectivity index (χ4v) is 2.19. The van der Waals surface area contributed by atoms with Gasteiger partial charge in [-0.15, -0.1) is 0 Å². The van der Waals surface area contributed by atoms with Crippen molar-refractivity contribution in [2.45, 2.75) is 12.2 Å². The molecule has 1 fully saturated rings. The molecular weight excluding hydrogens is 248 g/mol. The van der Waals surface area contributed by atoms with Crippen LogP contribution in [0.3, 0.4) is 0 Å². The Bertz CT molecular complexity index is 382. The van der Waals surface area contributed by atoms with Crippen LogP contribution in [0.2, 0.25) is 0 Å². The van der Waals surface area contributed by atoms with Gasteiger partial charge in [0.1, 0.15) is 11.9 Å². The summed E-state index contributed by atoms with van der Waals surface area (Å²) in [6, 6.07) is 2.89. The van der Waals surface area contributed by atoms with Gasteiger partial charge in [0.05, 0.1) is 0 Å². The maximum Gasteiger partial charge on any atom is 0.408 e. The summed E-state index contributed by atoms with van der Waals surface area (Å²) >= 11 is 0. The van der Waals surface area contributed by atoms with Crippen molar-refractivity contribution in [2.24, 2.45) is 0 Å². The minimum atomic E-state index is -4.35. The van der Waals surface area contributed by atoms with Crippen LogP contribution in [0.1, 0.15) is 11.6 Å².